The van der Waals surface area contributed by atoms with E-state index >= 15 is 0 Å². The third kappa shape index (κ3) is 3.24. The second kappa shape index (κ2) is 7.30. The van der Waals surface area contributed by atoms with Gasteiger partial charge in [-0.05, 0) is 25.0 Å². The highest BCUT2D eigenvalue weighted by atomic mass is 16.5. The number of aromatic carboxylic acids is 1. The van der Waals surface area contributed by atoms with E-state index in [-0.39, 0.29) is 24.1 Å². The Bertz CT molecular complexity index is 1430. The van der Waals surface area contributed by atoms with Crippen molar-refractivity contribution >= 4 is 28.7 Å². The molecule has 0 radical (unpaired) electrons. The van der Waals surface area contributed by atoms with Crippen molar-refractivity contribution in [2.24, 2.45) is 0 Å². The van der Waals surface area contributed by atoms with Crippen molar-refractivity contribution in [3.8, 4) is 0 Å². The van der Waals surface area contributed by atoms with Crippen LogP contribution in [0, 0.1) is 0 Å². The molecule has 4 aromatic rings. The summed E-state index contributed by atoms with van der Waals surface area (Å²) in [7, 11) is 0. The number of nitrogens with one attached hydrogen (secondary N) is 2. The van der Waals surface area contributed by atoms with E-state index in [4.69, 9.17) is 9.63 Å². The number of rotatable bonds is 5. The molecular formula is C23H20N6O5. The zero-order valence-electron chi connectivity index (χ0n) is 17.9. The number of benzene rings is 1. The molecule has 0 atom stereocenters. The summed E-state index contributed by atoms with van der Waals surface area (Å²) in [6.07, 6.45) is 2.75. The largest absolute Gasteiger partial charge is 0.475 e. The van der Waals surface area contributed by atoms with Crippen molar-refractivity contribution in [2.75, 3.05) is 6.54 Å². The summed E-state index contributed by atoms with van der Waals surface area (Å²) in [5.74, 6) is -1.98. The Kier molecular flexibility index (Phi) is 4.34. The van der Waals surface area contributed by atoms with Crippen LogP contribution in [0.15, 0.2) is 47.1 Å². The fraction of sp³-hybridized carbons (Fsp3) is 0.261. The van der Waals surface area contributed by atoms with Crippen molar-refractivity contribution in [1.29, 1.82) is 0 Å². The summed E-state index contributed by atoms with van der Waals surface area (Å²) < 4.78 is 6.59. The minimum atomic E-state index is -1.22. The molecule has 2 amide bonds. The summed E-state index contributed by atoms with van der Waals surface area (Å²) in [5, 5.41) is 21.2. The van der Waals surface area contributed by atoms with Crippen LogP contribution in [0.4, 0.5) is 0 Å². The number of hydrogen-bond donors (Lipinski definition) is 3. The summed E-state index contributed by atoms with van der Waals surface area (Å²) in [5.41, 5.74) is 2.05. The molecule has 1 aromatic carbocycles. The monoisotopic (exact) mass is 460 g/mol. The Morgan fingerprint density at radius 2 is 1.97 bits per heavy atom. The highest BCUT2D eigenvalue weighted by Crippen LogP contribution is 2.45. The van der Waals surface area contributed by atoms with Crippen LogP contribution in [0.3, 0.4) is 0 Å². The zero-order chi connectivity index (χ0) is 23.4. The number of aromatic amines is 1. The number of hydrogen-bond acceptors (Lipinski definition) is 6. The molecule has 6 rings (SSSR count). The predicted molar refractivity (Wildman–Crippen MR) is 117 cm³/mol. The molecule has 0 saturated heterocycles. The molecule has 0 spiro atoms. The number of carbonyl (C=O) groups excluding carboxylic acids is 2. The highest BCUT2D eigenvalue weighted by molar-refractivity contribution is 5.99. The van der Waals surface area contributed by atoms with Gasteiger partial charge < -0.3 is 24.8 Å². The van der Waals surface area contributed by atoms with Crippen molar-refractivity contribution in [3.05, 3.63) is 71.0 Å². The van der Waals surface area contributed by atoms with E-state index in [0.29, 0.717) is 48.6 Å². The number of fused-ring (bicyclic) bond motifs is 2. The second-order valence-electron chi connectivity index (χ2n) is 8.64. The molecule has 11 nitrogen and oxygen atoms in total. The summed E-state index contributed by atoms with van der Waals surface area (Å²) in [4.78, 5) is 42.3. The topological polar surface area (TPSA) is 146 Å². The van der Waals surface area contributed by atoms with Crippen molar-refractivity contribution in [3.63, 3.8) is 0 Å². The molecule has 11 heteroatoms. The molecule has 1 aliphatic carbocycles. The smallest absolute Gasteiger partial charge is 0.374 e. The first-order valence-electron chi connectivity index (χ1n) is 10.9. The van der Waals surface area contributed by atoms with Gasteiger partial charge >= 0.3 is 5.97 Å². The van der Waals surface area contributed by atoms with Crippen LogP contribution in [-0.4, -0.2) is 54.3 Å². The molecule has 3 aromatic heterocycles. The molecule has 1 saturated carbocycles. The van der Waals surface area contributed by atoms with E-state index in [1.54, 1.807) is 9.58 Å². The first-order valence-corrected chi connectivity index (χ1v) is 10.9. The van der Waals surface area contributed by atoms with Gasteiger partial charge in [-0.2, -0.15) is 5.10 Å². The van der Waals surface area contributed by atoms with Gasteiger partial charge in [0.25, 0.3) is 11.8 Å². The predicted octanol–water partition coefficient (Wildman–Crippen LogP) is 2.13. The van der Waals surface area contributed by atoms with E-state index in [9.17, 15) is 14.4 Å². The SMILES string of the molecule is O=C(O)c1cc(C2(NC(=O)c3cnn4c3CN(C(=O)c3cc5ccccc5[nH]3)CC4)CC2)no1. The van der Waals surface area contributed by atoms with Crippen molar-refractivity contribution in [2.45, 2.75) is 31.5 Å². The first kappa shape index (κ1) is 20.2. The van der Waals surface area contributed by atoms with Gasteiger partial charge in [-0.25, -0.2) is 4.79 Å². The van der Waals surface area contributed by atoms with E-state index in [2.05, 4.69) is 20.6 Å². The molecule has 4 heterocycles. The fourth-order valence-electron chi connectivity index (χ4n) is 4.42. The Balaban J connectivity index is 1.21. The van der Waals surface area contributed by atoms with Crippen LogP contribution >= 0.6 is 0 Å². The first-order chi connectivity index (χ1) is 16.4. The van der Waals surface area contributed by atoms with E-state index in [0.717, 1.165) is 10.9 Å². The number of aromatic nitrogens is 4. The maximum absolute atomic E-state index is 13.2. The minimum Gasteiger partial charge on any atom is -0.475 e. The number of amides is 2. The van der Waals surface area contributed by atoms with Crippen LogP contribution in [0.2, 0.25) is 0 Å². The Hall–Kier alpha value is -4.41. The molecule has 0 unspecified atom stereocenters. The molecule has 2 aliphatic rings. The molecule has 0 bridgehead atoms. The van der Waals surface area contributed by atoms with Crippen molar-refractivity contribution < 1.29 is 24.0 Å². The van der Waals surface area contributed by atoms with Gasteiger partial charge in [-0.1, -0.05) is 23.4 Å². The van der Waals surface area contributed by atoms with Crippen LogP contribution in [0.1, 0.15) is 55.6 Å². The molecule has 34 heavy (non-hydrogen) atoms. The quantitative estimate of drug-likeness (QED) is 0.413. The molecule has 1 aliphatic heterocycles. The van der Waals surface area contributed by atoms with Gasteiger partial charge in [0.2, 0.25) is 5.76 Å². The summed E-state index contributed by atoms with van der Waals surface area (Å²) in [6, 6.07) is 10.9. The van der Waals surface area contributed by atoms with Gasteiger partial charge in [0.05, 0.1) is 36.1 Å². The lowest BCUT2D eigenvalue weighted by atomic mass is 10.1. The van der Waals surface area contributed by atoms with E-state index < -0.39 is 11.5 Å². The van der Waals surface area contributed by atoms with Gasteiger partial charge in [0.15, 0.2) is 0 Å². The van der Waals surface area contributed by atoms with Crippen LogP contribution in [0.5, 0.6) is 0 Å². The maximum atomic E-state index is 13.2. The third-order valence-corrected chi connectivity index (χ3v) is 6.48. The molecule has 3 N–H and O–H groups in total. The Labute approximate surface area is 192 Å². The molecular weight excluding hydrogens is 440 g/mol. The molecule has 1 fully saturated rings. The average molecular weight is 460 g/mol. The van der Waals surface area contributed by atoms with Crippen LogP contribution in [0.25, 0.3) is 10.9 Å². The number of nitrogens with zero attached hydrogens (tertiary/aromatic N) is 4. The molecule has 172 valence electrons. The normalized spacial score (nSPS) is 16.3. The van der Waals surface area contributed by atoms with Crippen LogP contribution < -0.4 is 5.32 Å². The maximum Gasteiger partial charge on any atom is 0.374 e. The van der Waals surface area contributed by atoms with Gasteiger partial charge in [0.1, 0.15) is 11.4 Å². The van der Waals surface area contributed by atoms with Crippen molar-refractivity contribution in [1.82, 2.24) is 30.1 Å². The summed E-state index contributed by atoms with van der Waals surface area (Å²) in [6.45, 7) is 1.20. The zero-order valence-corrected chi connectivity index (χ0v) is 17.9. The van der Waals surface area contributed by atoms with Gasteiger partial charge in [-0.15, -0.1) is 0 Å². The van der Waals surface area contributed by atoms with Gasteiger partial charge in [-0.3, -0.25) is 14.3 Å². The minimum absolute atomic E-state index is 0.141. The van der Waals surface area contributed by atoms with Crippen LogP contribution in [-0.2, 0) is 18.6 Å². The summed E-state index contributed by atoms with van der Waals surface area (Å²) >= 11 is 0. The number of carboxylic acids is 1. The van der Waals surface area contributed by atoms with Gasteiger partial charge in [0, 0.05) is 23.5 Å². The van der Waals surface area contributed by atoms with E-state index in [1.807, 2.05) is 30.3 Å². The number of carbonyl (C=O) groups is 3. The lowest BCUT2D eigenvalue weighted by molar-refractivity contribution is 0.0650. The Morgan fingerprint density at radius 1 is 1.15 bits per heavy atom. The number of carboxylic acid groups (broad SMARTS) is 1. The standard InChI is InChI=1S/C23H20N6O5/c30-20(26-23(5-6-23)19-10-18(22(32)33)34-27-19)14-11-24-29-8-7-28(12-17(14)29)21(31)16-9-13-3-1-2-4-15(13)25-16/h1-4,9-11,25H,5-8,12H2,(H,26,30)(H,32,33). The lowest BCUT2D eigenvalue weighted by Crippen LogP contribution is -2.40. The number of para-hydroxylation sites is 1. The average Bonchev–Trinajstić information content (AvgIpc) is 3.24. The number of H-pyrrole nitrogens is 1. The Morgan fingerprint density at radius 3 is 2.71 bits per heavy atom. The van der Waals surface area contributed by atoms with E-state index in [1.165, 1.54) is 12.3 Å². The highest BCUT2D eigenvalue weighted by Gasteiger charge is 2.49. The fourth-order valence-corrected chi connectivity index (χ4v) is 4.42. The lowest BCUT2D eigenvalue weighted by Gasteiger charge is -2.28. The second-order valence-corrected chi connectivity index (χ2v) is 8.64. The third-order valence-electron chi connectivity index (χ3n) is 6.48.